The number of nitrogens with one attached hydrogen (secondary N) is 7. The van der Waals surface area contributed by atoms with E-state index in [0.717, 1.165) is 43.4 Å². The number of nitrogens with two attached hydrogens (primary N) is 4. The molecule has 12 amide bonds. The SMILES string of the molecule is CCC(C)CCCCCCCC[C@H]1NC(=O)[C@H]2CCCN2C(=O)[C@H](CCC(N)=O)NC(=O)[C@H](CC(N)=O)NC(=O)[C@H](CO)NC(=O)[C@@H](CC(N)=O)NC(=O)[C@@H](Cc2ccc(O)cc2)NC(=O)[C@@H](CC(N)=O)NC1=O. The Morgan fingerprint density at radius 1 is 0.568 bits per heavy atom. The Hall–Kier alpha value is -7.38. The second-order valence-corrected chi connectivity index (χ2v) is 18.9. The Morgan fingerprint density at radius 2 is 1.00 bits per heavy atom. The highest BCUT2D eigenvalue weighted by atomic mass is 16.3. The van der Waals surface area contributed by atoms with Crippen LogP contribution in [0.25, 0.3) is 0 Å². The van der Waals surface area contributed by atoms with Crippen LogP contribution in [0.1, 0.15) is 122 Å². The highest BCUT2D eigenvalue weighted by Gasteiger charge is 2.41. The van der Waals surface area contributed by atoms with E-state index in [1.807, 2.05) is 0 Å². The molecule has 3 rings (SSSR count). The number of carbonyl (C=O) groups is 12. The minimum absolute atomic E-state index is 0.0205. The molecule has 17 N–H and O–H groups in total. The van der Waals surface area contributed by atoms with E-state index in [1.54, 1.807) is 0 Å². The number of amides is 12. The van der Waals surface area contributed by atoms with Gasteiger partial charge in [-0.05, 0) is 49.3 Å². The normalized spacial score (nSPS) is 24.3. The van der Waals surface area contributed by atoms with Gasteiger partial charge in [-0.15, -0.1) is 0 Å². The Kier molecular flexibility index (Phi) is 25.2. The van der Waals surface area contributed by atoms with Crippen LogP contribution in [0.15, 0.2) is 24.3 Å². The summed E-state index contributed by atoms with van der Waals surface area (Å²) in [6.07, 6.45) is 3.46. The third-order valence-electron chi connectivity index (χ3n) is 12.8. The van der Waals surface area contributed by atoms with E-state index in [9.17, 15) is 67.7 Å². The largest absolute Gasteiger partial charge is 0.508 e. The molecule has 2 saturated heterocycles. The van der Waals surface area contributed by atoms with Crippen molar-refractivity contribution in [2.24, 2.45) is 28.9 Å². The van der Waals surface area contributed by atoms with Crippen LogP contribution in [0.3, 0.4) is 0 Å². The summed E-state index contributed by atoms with van der Waals surface area (Å²) in [6, 6.07) is -8.12. The smallest absolute Gasteiger partial charge is 0.245 e. The van der Waals surface area contributed by atoms with Crippen LogP contribution in [-0.2, 0) is 64.0 Å². The Balaban J connectivity index is 2.15. The lowest BCUT2D eigenvalue weighted by Gasteiger charge is -2.31. The van der Waals surface area contributed by atoms with Gasteiger partial charge in [0, 0.05) is 19.4 Å². The topological polar surface area (TPSA) is 437 Å². The highest BCUT2D eigenvalue weighted by Crippen LogP contribution is 2.22. The molecule has 2 fully saturated rings. The first-order chi connectivity index (χ1) is 35.0. The number of primary amides is 4. The number of hydrogen-bond donors (Lipinski definition) is 13. The van der Waals surface area contributed by atoms with E-state index in [1.165, 1.54) is 24.3 Å². The predicted octanol–water partition coefficient (Wildman–Crippen LogP) is -3.62. The average molecular weight is 1040 g/mol. The van der Waals surface area contributed by atoms with Crippen molar-refractivity contribution in [3.63, 3.8) is 0 Å². The molecule has 2 aliphatic rings. The fourth-order valence-electron chi connectivity index (χ4n) is 8.47. The van der Waals surface area contributed by atoms with Gasteiger partial charge < -0.3 is 75.3 Å². The molecule has 2 heterocycles. The maximum atomic E-state index is 14.3. The summed E-state index contributed by atoms with van der Waals surface area (Å²) in [5, 5.41) is 36.7. The lowest BCUT2D eigenvalue weighted by molar-refractivity contribution is -0.143. The molecule has 1 aromatic carbocycles. The summed E-state index contributed by atoms with van der Waals surface area (Å²) in [6.45, 7) is 3.12. The number of aliphatic hydroxyl groups excluding tert-OH is 1. The van der Waals surface area contributed by atoms with Gasteiger partial charge in [0.05, 0.1) is 25.9 Å². The van der Waals surface area contributed by atoms with E-state index < -0.39 is 158 Å². The van der Waals surface area contributed by atoms with E-state index in [2.05, 4.69) is 51.1 Å². The van der Waals surface area contributed by atoms with Crippen molar-refractivity contribution in [1.82, 2.24) is 42.1 Å². The van der Waals surface area contributed by atoms with Crippen LogP contribution in [0, 0.1) is 5.92 Å². The van der Waals surface area contributed by atoms with Gasteiger partial charge in [0.15, 0.2) is 0 Å². The summed E-state index contributed by atoms with van der Waals surface area (Å²) in [5.41, 5.74) is 22.1. The second-order valence-electron chi connectivity index (χ2n) is 18.9. The average Bonchev–Trinajstić information content (AvgIpc) is 3.84. The van der Waals surface area contributed by atoms with E-state index >= 15 is 0 Å². The van der Waals surface area contributed by atoms with Gasteiger partial charge in [0.2, 0.25) is 70.9 Å². The quantitative estimate of drug-likeness (QED) is 0.0499. The molecule has 0 radical (unpaired) electrons. The number of rotatable bonds is 22. The number of phenols is 1. The van der Waals surface area contributed by atoms with Gasteiger partial charge in [0.25, 0.3) is 0 Å². The molecule has 1 unspecified atom stereocenters. The lowest BCUT2D eigenvalue weighted by Crippen LogP contribution is -2.62. The molecular formula is C48H74N12O14. The summed E-state index contributed by atoms with van der Waals surface area (Å²) >= 11 is 0. The third-order valence-corrected chi connectivity index (χ3v) is 12.8. The van der Waals surface area contributed by atoms with Crippen molar-refractivity contribution < 1.29 is 67.7 Å². The summed E-state index contributed by atoms with van der Waals surface area (Å²) in [7, 11) is 0. The van der Waals surface area contributed by atoms with E-state index in [-0.39, 0.29) is 38.0 Å². The number of hydrogen-bond acceptors (Lipinski definition) is 14. The fourth-order valence-corrected chi connectivity index (χ4v) is 8.47. The van der Waals surface area contributed by atoms with Gasteiger partial charge in [-0.2, -0.15) is 0 Å². The number of phenolic OH excluding ortho intramolecular Hbond substituents is 1. The van der Waals surface area contributed by atoms with Crippen LogP contribution < -0.4 is 60.2 Å². The van der Waals surface area contributed by atoms with Crippen molar-refractivity contribution >= 4 is 70.9 Å². The minimum atomic E-state index is -1.96. The predicted molar refractivity (Wildman–Crippen MR) is 263 cm³/mol. The van der Waals surface area contributed by atoms with Crippen molar-refractivity contribution in [3.05, 3.63) is 29.8 Å². The molecular weight excluding hydrogens is 969 g/mol. The highest BCUT2D eigenvalue weighted by molar-refractivity contribution is 6.01. The number of nitrogens with zero attached hydrogens (tertiary/aromatic N) is 1. The molecule has 410 valence electrons. The van der Waals surface area contributed by atoms with Crippen LogP contribution in [0.5, 0.6) is 5.75 Å². The zero-order chi connectivity index (χ0) is 55.1. The second kappa shape index (κ2) is 30.6. The maximum Gasteiger partial charge on any atom is 0.245 e. The zero-order valence-corrected chi connectivity index (χ0v) is 42.0. The Morgan fingerprint density at radius 3 is 1.50 bits per heavy atom. The molecule has 0 bridgehead atoms. The molecule has 9 atom stereocenters. The van der Waals surface area contributed by atoms with Crippen molar-refractivity contribution in [2.75, 3.05) is 13.2 Å². The Labute approximate surface area is 428 Å². The first-order valence-electron chi connectivity index (χ1n) is 25.0. The van der Waals surface area contributed by atoms with Gasteiger partial charge in [-0.25, -0.2) is 0 Å². The summed E-state index contributed by atoms with van der Waals surface area (Å²) in [5.74, 6) is -12.5. The molecule has 1 aromatic rings. The van der Waals surface area contributed by atoms with Crippen LogP contribution >= 0.6 is 0 Å². The fraction of sp³-hybridized carbons (Fsp3) is 0.625. The molecule has 0 aromatic heterocycles. The van der Waals surface area contributed by atoms with Gasteiger partial charge in [-0.1, -0.05) is 77.3 Å². The van der Waals surface area contributed by atoms with Gasteiger partial charge in [-0.3, -0.25) is 57.5 Å². The Bertz CT molecular complexity index is 2180. The van der Waals surface area contributed by atoms with E-state index in [4.69, 9.17) is 22.9 Å². The number of unbranched alkanes of at least 4 members (excludes halogenated alkanes) is 5. The maximum absolute atomic E-state index is 14.3. The number of fused-ring (bicyclic) bond motifs is 1. The van der Waals surface area contributed by atoms with Crippen LogP contribution in [-0.4, -0.2) is 147 Å². The molecule has 0 spiro atoms. The molecule has 74 heavy (non-hydrogen) atoms. The molecule has 0 aliphatic carbocycles. The summed E-state index contributed by atoms with van der Waals surface area (Å²) < 4.78 is 0. The molecule has 26 heteroatoms. The van der Waals surface area contributed by atoms with Gasteiger partial charge >= 0.3 is 0 Å². The first kappa shape index (κ1) is 60.9. The van der Waals surface area contributed by atoms with Crippen LogP contribution in [0.4, 0.5) is 0 Å². The summed E-state index contributed by atoms with van der Waals surface area (Å²) in [4.78, 5) is 163. The first-order valence-corrected chi connectivity index (χ1v) is 25.0. The lowest BCUT2D eigenvalue weighted by atomic mass is 9.99. The van der Waals surface area contributed by atoms with E-state index in [0.29, 0.717) is 24.3 Å². The van der Waals surface area contributed by atoms with Crippen LogP contribution in [0.2, 0.25) is 0 Å². The monoisotopic (exact) mass is 1040 g/mol. The van der Waals surface area contributed by atoms with Crippen molar-refractivity contribution in [2.45, 2.75) is 171 Å². The van der Waals surface area contributed by atoms with Crippen molar-refractivity contribution in [3.8, 4) is 5.75 Å². The number of aromatic hydroxyl groups is 1. The number of carbonyl (C=O) groups excluding carboxylic acids is 12. The molecule has 0 saturated carbocycles. The zero-order valence-electron chi connectivity index (χ0n) is 42.0. The molecule has 26 nitrogen and oxygen atoms in total. The van der Waals surface area contributed by atoms with Crippen molar-refractivity contribution in [1.29, 1.82) is 0 Å². The number of benzene rings is 1. The minimum Gasteiger partial charge on any atom is -0.508 e. The third kappa shape index (κ3) is 20.6. The number of aliphatic hydroxyl groups is 1. The standard InChI is InChI=1S/C48H74N12O14/c1-3-26(2)11-8-6-4-5-7-9-12-29-41(67)56-33(23-39(51)65)44(70)55-31(21-27-14-16-28(62)17-15-27)42(68)57-34(24-40(52)66)45(71)59-35(25-61)46(72)58-32(22-38(50)64)43(69)54-30(18-19-37(49)63)48(74)60-20-10-13-36(60)47(73)53-29/h14-17,26,29-36,61-62H,3-13,18-25H2,1-2H3,(H2,49,63)(H2,50,64)(H2,51,65)(H2,52,66)(H,53,73)(H,54,69)(H,55,70)(H,56,67)(H,57,68)(H,58,72)(H,59,71)/t26?,29-,30+,31-,32+,33-,34-,35+,36-/m1/s1. The van der Waals surface area contributed by atoms with Gasteiger partial charge in [0.1, 0.15) is 54.1 Å². The molecule has 2 aliphatic heterocycles.